The lowest BCUT2D eigenvalue weighted by molar-refractivity contribution is 0.0615. The van der Waals surface area contributed by atoms with E-state index >= 15 is 0 Å². The van der Waals surface area contributed by atoms with Crippen LogP contribution in [-0.2, 0) is 6.54 Å². The topological polar surface area (TPSA) is 71.7 Å². The van der Waals surface area contributed by atoms with Crippen molar-refractivity contribution in [3.8, 4) is 17.1 Å². The van der Waals surface area contributed by atoms with Gasteiger partial charge in [0.1, 0.15) is 0 Å². The van der Waals surface area contributed by atoms with E-state index in [1.165, 1.54) is 12.7 Å². The molecule has 2 heterocycles. The predicted molar refractivity (Wildman–Crippen MR) is 119 cm³/mol. The highest BCUT2D eigenvalue weighted by Gasteiger charge is 2.25. The molecule has 0 unspecified atom stereocenters. The van der Waals surface area contributed by atoms with Crippen LogP contribution in [0.4, 0.5) is 0 Å². The molecule has 1 amide bonds. The Morgan fingerprint density at radius 2 is 1.74 bits per heavy atom. The maximum atomic E-state index is 12.9. The van der Waals surface area contributed by atoms with Crippen LogP contribution in [-0.4, -0.2) is 59.1 Å². The van der Waals surface area contributed by atoms with E-state index in [0.29, 0.717) is 65.8 Å². The normalized spacial score (nSPS) is 14.6. The Morgan fingerprint density at radius 1 is 1.10 bits per heavy atom. The lowest BCUT2D eigenvalue weighted by atomic mass is 10.1. The lowest BCUT2D eigenvalue weighted by Crippen LogP contribution is -2.48. The summed E-state index contributed by atoms with van der Waals surface area (Å²) in [4.78, 5) is 21.3. The number of nitrogens with zero attached hydrogens (tertiary/aromatic N) is 4. The van der Waals surface area contributed by atoms with Crippen molar-refractivity contribution in [2.75, 3.05) is 33.3 Å². The summed E-state index contributed by atoms with van der Waals surface area (Å²) < 4.78 is 10.6. The molecule has 1 fully saturated rings. The van der Waals surface area contributed by atoms with E-state index < -0.39 is 0 Å². The minimum absolute atomic E-state index is 0.106. The van der Waals surface area contributed by atoms with Gasteiger partial charge in [-0.05, 0) is 19.1 Å². The number of carbonyl (C=O) groups is 1. The van der Waals surface area contributed by atoms with Gasteiger partial charge in [0.05, 0.1) is 23.7 Å². The molecule has 162 valence electrons. The molecule has 7 nitrogen and oxygen atoms in total. The average Bonchev–Trinajstić information content (AvgIpc) is 3.22. The fraction of sp³-hybridized carbons (Fsp3) is 0.318. The second-order valence-corrected chi connectivity index (χ2v) is 8.23. The van der Waals surface area contributed by atoms with Gasteiger partial charge < -0.3 is 14.2 Å². The second kappa shape index (κ2) is 9.26. The molecule has 1 aliphatic rings. The van der Waals surface area contributed by atoms with Crippen LogP contribution >= 0.6 is 23.2 Å². The van der Waals surface area contributed by atoms with Gasteiger partial charge in [0, 0.05) is 37.3 Å². The first-order valence-corrected chi connectivity index (χ1v) is 10.6. The van der Waals surface area contributed by atoms with E-state index in [9.17, 15) is 4.79 Å². The van der Waals surface area contributed by atoms with Crippen molar-refractivity contribution in [1.82, 2.24) is 19.9 Å². The number of hydrogen-bond acceptors (Lipinski definition) is 6. The SMILES string of the molecule is COc1c(Cl)cc(C(=O)N2CCN(Cc3nc(-c4ccc(C)cc4)no3)CC2)cc1Cl. The zero-order chi connectivity index (χ0) is 22.0. The summed E-state index contributed by atoms with van der Waals surface area (Å²) in [5.41, 5.74) is 2.55. The average molecular weight is 461 g/mol. The molecule has 0 N–H and O–H groups in total. The molecule has 9 heteroatoms. The van der Waals surface area contributed by atoms with E-state index in [1.54, 1.807) is 17.0 Å². The Kier molecular flexibility index (Phi) is 6.46. The number of halogens is 2. The van der Waals surface area contributed by atoms with Crippen molar-refractivity contribution in [3.63, 3.8) is 0 Å². The van der Waals surface area contributed by atoms with Crippen molar-refractivity contribution in [2.24, 2.45) is 0 Å². The zero-order valence-corrected chi connectivity index (χ0v) is 18.8. The smallest absolute Gasteiger partial charge is 0.254 e. The van der Waals surface area contributed by atoms with Crippen molar-refractivity contribution >= 4 is 29.1 Å². The van der Waals surface area contributed by atoms with Crippen LogP contribution in [0.5, 0.6) is 5.75 Å². The van der Waals surface area contributed by atoms with E-state index in [-0.39, 0.29) is 5.91 Å². The summed E-state index contributed by atoms with van der Waals surface area (Å²) in [6.45, 7) is 5.14. The first-order chi connectivity index (χ1) is 14.9. The Balaban J connectivity index is 1.35. The van der Waals surface area contributed by atoms with Crippen molar-refractivity contribution in [3.05, 3.63) is 63.5 Å². The molecule has 31 heavy (non-hydrogen) atoms. The Bertz CT molecular complexity index is 1050. The van der Waals surface area contributed by atoms with Gasteiger partial charge in [0.15, 0.2) is 5.75 Å². The molecular formula is C22H22Cl2N4O3. The van der Waals surface area contributed by atoms with Crippen LogP contribution in [0.3, 0.4) is 0 Å². The molecule has 3 aromatic rings. The van der Waals surface area contributed by atoms with Crippen molar-refractivity contribution in [1.29, 1.82) is 0 Å². The van der Waals surface area contributed by atoms with Crippen molar-refractivity contribution < 1.29 is 14.1 Å². The number of amides is 1. The molecule has 1 aromatic heterocycles. The molecule has 1 aliphatic heterocycles. The highest BCUT2D eigenvalue weighted by atomic mass is 35.5. The van der Waals surface area contributed by atoms with Crippen LogP contribution in [0.25, 0.3) is 11.4 Å². The molecular weight excluding hydrogens is 439 g/mol. The summed E-state index contributed by atoms with van der Waals surface area (Å²) in [6, 6.07) is 11.2. The largest absolute Gasteiger partial charge is 0.494 e. The molecule has 0 bridgehead atoms. The predicted octanol–water partition coefficient (Wildman–Crippen LogP) is 4.32. The number of piperazine rings is 1. The number of aryl methyl sites for hydroxylation is 1. The van der Waals surface area contributed by atoms with Gasteiger partial charge in [-0.1, -0.05) is 58.2 Å². The third-order valence-electron chi connectivity index (χ3n) is 5.25. The van der Waals surface area contributed by atoms with Gasteiger partial charge in [0.25, 0.3) is 5.91 Å². The lowest BCUT2D eigenvalue weighted by Gasteiger charge is -2.34. The number of hydrogen-bond donors (Lipinski definition) is 0. The maximum Gasteiger partial charge on any atom is 0.254 e. The first kappa shape index (κ1) is 21.6. The Hall–Kier alpha value is -2.61. The van der Waals surface area contributed by atoms with Gasteiger partial charge in [-0.3, -0.25) is 9.69 Å². The van der Waals surface area contributed by atoms with Gasteiger partial charge in [-0.25, -0.2) is 0 Å². The first-order valence-electron chi connectivity index (χ1n) is 9.89. The highest BCUT2D eigenvalue weighted by molar-refractivity contribution is 6.37. The number of rotatable bonds is 5. The minimum atomic E-state index is -0.106. The molecule has 1 saturated heterocycles. The van der Waals surface area contributed by atoms with Crippen LogP contribution in [0.2, 0.25) is 10.0 Å². The summed E-state index contributed by atoms with van der Waals surface area (Å²) in [6.07, 6.45) is 0. The monoisotopic (exact) mass is 460 g/mol. The van der Waals surface area contributed by atoms with Crippen molar-refractivity contribution in [2.45, 2.75) is 13.5 Å². The molecule has 4 rings (SSSR count). The van der Waals surface area contributed by atoms with Crippen LogP contribution in [0.1, 0.15) is 21.8 Å². The van der Waals surface area contributed by atoms with E-state index in [0.717, 1.165) is 5.56 Å². The second-order valence-electron chi connectivity index (χ2n) is 7.42. The molecule has 0 saturated carbocycles. The van der Waals surface area contributed by atoms with Crippen LogP contribution in [0, 0.1) is 6.92 Å². The number of aromatic nitrogens is 2. The Labute approximate surface area is 190 Å². The van der Waals surface area contributed by atoms with Gasteiger partial charge >= 0.3 is 0 Å². The number of carbonyl (C=O) groups excluding carboxylic acids is 1. The van der Waals surface area contributed by atoms with E-state index in [4.69, 9.17) is 32.5 Å². The third-order valence-corrected chi connectivity index (χ3v) is 5.81. The fourth-order valence-electron chi connectivity index (χ4n) is 3.50. The fourth-order valence-corrected chi connectivity index (χ4v) is 4.14. The number of methoxy groups -OCH3 is 1. The number of benzene rings is 2. The molecule has 0 atom stereocenters. The molecule has 2 aromatic carbocycles. The van der Waals surface area contributed by atoms with Gasteiger partial charge in [0.2, 0.25) is 11.7 Å². The van der Waals surface area contributed by atoms with Gasteiger partial charge in [-0.15, -0.1) is 0 Å². The maximum absolute atomic E-state index is 12.9. The van der Waals surface area contributed by atoms with Crippen LogP contribution < -0.4 is 4.74 Å². The van der Waals surface area contributed by atoms with E-state index in [2.05, 4.69) is 15.0 Å². The third kappa shape index (κ3) is 4.84. The minimum Gasteiger partial charge on any atom is -0.494 e. The van der Waals surface area contributed by atoms with E-state index in [1.807, 2.05) is 31.2 Å². The quantitative estimate of drug-likeness (QED) is 0.564. The standard InChI is InChI=1S/C22H22Cl2N4O3/c1-14-3-5-15(6-4-14)21-25-19(31-26-21)13-27-7-9-28(10-8-27)22(29)16-11-17(23)20(30-2)18(24)12-16/h3-6,11-12H,7-10,13H2,1-2H3. The summed E-state index contributed by atoms with van der Waals surface area (Å²) >= 11 is 12.3. The molecule has 0 radical (unpaired) electrons. The number of ether oxygens (including phenoxy) is 1. The summed E-state index contributed by atoms with van der Waals surface area (Å²) in [5, 5.41) is 4.72. The van der Waals surface area contributed by atoms with Gasteiger partial charge in [-0.2, -0.15) is 4.98 Å². The molecule has 0 spiro atoms. The Morgan fingerprint density at radius 3 is 2.35 bits per heavy atom. The van der Waals surface area contributed by atoms with Crippen LogP contribution in [0.15, 0.2) is 40.9 Å². The zero-order valence-electron chi connectivity index (χ0n) is 17.3. The summed E-state index contributed by atoms with van der Waals surface area (Å²) in [5.74, 6) is 1.40. The summed E-state index contributed by atoms with van der Waals surface area (Å²) in [7, 11) is 1.49. The highest BCUT2D eigenvalue weighted by Crippen LogP contribution is 2.34. The molecule has 0 aliphatic carbocycles.